The molecule has 2 N–H and O–H groups in total. The fourth-order valence-corrected chi connectivity index (χ4v) is 4.17. The van der Waals surface area contributed by atoms with Gasteiger partial charge in [-0.2, -0.15) is 0 Å². The number of anilines is 2. The van der Waals surface area contributed by atoms with E-state index in [1.54, 1.807) is 6.07 Å². The molecule has 0 saturated heterocycles. The second-order valence-corrected chi connectivity index (χ2v) is 7.60. The van der Waals surface area contributed by atoms with Crippen molar-refractivity contribution in [2.24, 2.45) is 5.73 Å². The van der Waals surface area contributed by atoms with Crippen molar-refractivity contribution in [3.05, 3.63) is 77.0 Å². The molecule has 3 aromatic rings. The molecule has 6 nitrogen and oxygen atoms in total. The molecular weight excluding hydrogens is 378 g/mol. The van der Waals surface area contributed by atoms with E-state index in [1.807, 2.05) is 30.5 Å². The minimum atomic E-state index is -0.384. The van der Waals surface area contributed by atoms with Crippen LogP contribution in [0.3, 0.4) is 0 Å². The molecule has 0 radical (unpaired) electrons. The van der Waals surface area contributed by atoms with Gasteiger partial charge in [-0.25, -0.2) is 4.98 Å². The maximum atomic E-state index is 11.8. The van der Waals surface area contributed by atoms with Gasteiger partial charge in [0.2, 0.25) is 5.91 Å². The number of aromatic nitrogens is 1. The van der Waals surface area contributed by atoms with Gasteiger partial charge in [0.25, 0.3) is 0 Å². The summed E-state index contributed by atoms with van der Waals surface area (Å²) < 4.78 is 11.5. The molecule has 2 aliphatic rings. The van der Waals surface area contributed by atoms with Crippen LogP contribution < -0.4 is 20.1 Å². The highest BCUT2D eigenvalue weighted by Gasteiger charge is 2.25. The molecule has 1 aromatic heterocycles. The van der Waals surface area contributed by atoms with Gasteiger partial charge in [-0.1, -0.05) is 12.1 Å². The standard InChI is InChI=1S/C24H23N3O3/c25-24(28)19-3-1-4-20-18(19)8-10-27(20)23-15-17(7-9-26-23)13-16-5-6-21-22(14-16)30-12-2-11-29-21/h1,3-7,9,14-15H,2,8,10-13H2,(H2,25,28). The number of hydrogen-bond acceptors (Lipinski definition) is 5. The summed E-state index contributed by atoms with van der Waals surface area (Å²) >= 11 is 0. The summed E-state index contributed by atoms with van der Waals surface area (Å²) in [6.07, 6.45) is 4.28. The van der Waals surface area contributed by atoms with Gasteiger partial charge >= 0.3 is 0 Å². The number of fused-ring (bicyclic) bond motifs is 2. The lowest BCUT2D eigenvalue weighted by Gasteiger charge is -2.19. The van der Waals surface area contributed by atoms with Crippen molar-refractivity contribution in [3.8, 4) is 11.5 Å². The molecule has 2 aliphatic heterocycles. The number of pyridine rings is 1. The second-order valence-electron chi connectivity index (χ2n) is 7.60. The van der Waals surface area contributed by atoms with E-state index in [4.69, 9.17) is 15.2 Å². The predicted octanol–water partition coefficient (Wildman–Crippen LogP) is 3.63. The number of ether oxygens (including phenoxy) is 2. The van der Waals surface area contributed by atoms with Crippen LogP contribution in [0.25, 0.3) is 0 Å². The van der Waals surface area contributed by atoms with Gasteiger partial charge in [-0.15, -0.1) is 0 Å². The van der Waals surface area contributed by atoms with Crippen molar-refractivity contribution in [2.45, 2.75) is 19.3 Å². The average Bonchev–Trinajstić information content (AvgIpc) is 3.05. The maximum absolute atomic E-state index is 11.8. The van der Waals surface area contributed by atoms with Crippen LogP contribution in [0.15, 0.2) is 54.7 Å². The van der Waals surface area contributed by atoms with E-state index in [9.17, 15) is 4.79 Å². The van der Waals surface area contributed by atoms with E-state index in [0.29, 0.717) is 18.8 Å². The van der Waals surface area contributed by atoms with Crippen LogP contribution in [0, 0.1) is 0 Å². The Kier molecular flexibility index (Phi) is 4.75. The van der Waals surface area contributed by atoms with Crippen molar-refractivity contribution < 1.29 is 14.3 Å². The first kappa shape index (κ1) is 18.5. The summed E-state index contributed by atoms with van der Waals surface area (Å²) in [5, 5.41) is 0. The first-order valence-corrected chi connectivity index (χ1v) is 10.2. The predicted molar refractivity (Wildman–Crippen MR) is 115 cm³/mol. The molecule has 1 amide bonds. The summed E-state index contributed by atoms with van der Waals surface area (Å²) in [5.74, 6) is 2.12. The Bertz CT molecular complexity index is 1110. The lowest BCUT2D eigenvalue weighted by molar-refractivity contribution is 0.0999. The average molecular weight is 401 g/mol. The Balaban J connectivity index is 1.41. The summed E-state index contributed by atoms with van der Waals surface area (Å²) in [5.41, 5.74) is 10.5. The summed E-state index contributed by atoms with van der Waals surface area (Å²) in [6.45, 7) is 2.15. The van der Waals surface area contributed by atoms with Gasteiger partial charge in [0, 0.05) is 30.4 Å². The molecule has 0 fully saturated rings. The van der Waals surface area contributed by atoms with Crippen LogP contribution in [0.1, 0.15) is 33.5 Å². The Labute approximate surface area is 175 Å². The quantitative estimate of drug-likeness (QED) is 0.722. The SMILES string of the molecule is NC(=O)c1cccc2c1CCN2c1cc(Cc2ccc3c(c2)OCCCO3)ccn1. The van der Waals surface area contributed by atoms with Crippen molar-refractivity contribution in [2.75, 3.05) is 24.7 Å². The van der Waals surface area contributed by atoms with E-state index >= 15 is 0 Å². The van der Waals surface area contributed by atoms with Crippen molar-refractivity contribution in [1.29, 1.82) is 0 Å². The third kappa shape index (κ3) is 3.45. The van der Waals surface area contributed by atoms with Crippen LogP contribution in [-0.4, -0.2) is 30.6 Å². The summed E-state index contributed by atoms with van der Waals surface area (Å²) in [6, 6.07) is 16.0. The number of nitrogens with zero attached hydrogens (tertiary/aromatic N) is 2. The Hall–Kier alpha value is -3.54. The number of nitrogens with two attached hydrogens (primary N) is 1. The number of rotatable bonds is 4. The molecule has 0 spiro atoms. The molecular formula is C24H23N3O3. The van der Waals surface area contributed by atoms with Crippen LogP contribution in [-0.2, 0) is 12.8 Å². The topological polar surface area (TPSA) is 77.7 Å². The van der Waals surface area contributed by atoms with Gasteiger partial charge < -0.3 is 20.1 Å². The number of hydrogen-bond donors (Lipinski definition) is 1. The lowest BCUT2D eigenvalue weighted by Crippen LogP contribution is -2.15. The van der Waals surface area contributed by atoms with Crippen molar-refractivity contribution in [3.63, 3.8) is 0 Å². The molecule has 6 heteroatoms. The highest BCUT2D eigenvalue weighted by Crippen LogP contribution is 2.36. The largest absolute Gasteiger partial charge is 0.490 e. The summed E-state index contributed by atoms with van der Waals surface area (Å²) in [7, 11) is 0. The molecule has 0 bridgehead atoms. The van der Waals surface area contributed by atoms with E-state index < -0.39 is 0 Å². The highest BCUT2D eigenvalue weighted by molar-refractivity contribution is 5.96. The van der Waals surface area contributed by atoms with Gasteiger partial charge in [-0.3, -0.25) is 4.79 Å². The molecule has 0 unspecified atom stereocenters. The zero-order valence-corrected chi connectivity index (χ0v) is 16.6. The molecule has 0 saturated carbocycles. The monoisotopic (exact) mass is 401 g/mol. The van der Waals surface area contributed by atoms with Gasteiger partial charge in [0.1, 0.15) is 5.82 Å². The van der Waals surface area contributed by atoms with E-state index in [1.165, 1.54) is 0 Å². The number of carbonyl (C=O) groups excluding carboxylic acids is 1. The Morgan fingerprint density at radius 1 is 1.03 bits per heavy atom. The van der Waals surface area contributed by atoms with Gasteiger partial charge in [-0.05, 0) is 65.9 Å². The third-order valence-electron chi connectivity index (χ3n) is 5.60. The number of amides is 1. The number of carbonyl (C=O) groups is 1. The van der Waals surface area contributed by atoms with Gasteiger partial charge in [0.15, 0.2) is 11.5 Å². The van der Waals surface area contributed by atoms with E-state index in [2.05, 4.69) is 28.1 Å². The van der Waals surface area contributed by atoms with Crippen LogP contribution in [0.4, 0.5) is 11.5 Å². The van der Waals surface area contributed by atoms with Gasteiger partial charge in [0.05, 0.1) is 13.2 Å². The minimum Gasteiger partial charge on any atom is -0.490 e. The zero-order valence-electron chi connectivity index (χ0n) is 16.6. The maximum Gasteiger partial charge on any atom is 0.249 e. The minimum absolute atomic E-state index is 0.384. The molecule has 30 heavy (non-hydrogen) atoms. The zero-order chi connectivity index (χ0) is 20.5. The number of benzene rings is 2. The number of primary amides is 1. The fourth-order valence-electron chi connectivity index (χ4n) is 4.17. The second kappa shape index (κ2) is 7.71. The molecule has 2 aromatic carbocycles. The lowest BCUT2D eigenvalue weighted by atomic mass is 10.0. The fraction of sp³-hybridized carbons (Fsp3) is 0.250. The van der Waals surface area contributed by atoms with E-state index in [-0.39, 0.29) is 5.91 Å². The van der Waals surface area contributed by atoms with Crippen LogP contribution in [0.5, 0.6) is 11.5 Å². The van der Waals surface area contributed by atoms with Crippen molar-refractivity contribution >= 4 is 17.4 Å². The van der Waals surface area contributed by atoms with Crippen LogP contribution in [0.2, 0.25) is 0 Å². The van der Waals surface area contributed by atoms with Crippen LogP contribution >= 0.6 is 0 Å². The first-order valence-electron chi connectivity index (χ1n) is 10.2. The molecule has 0 atom stereocenters. The third-order valence-corrected chi connectivity index (χ3v) is 5.60. The molecule has 3 heterocycles. The van der Waals surface area contributed by atoms with Crippen molar-refractivity contribution in [1.82, 2.24) is 4.98 Å². The van der Waals surface area contributed by atoms with E-state index in [0.717, 1.165) is 65.5 Å². The highest BCUT2D eigenvalue weighted by atomic mass is 16.5. The Morgan fingerprint density at radius 3 is 2.73 bits per heavy atom. The molecule has 5 rings (SSSR count). The molecule has 0 aliphatic carbocycles. The normalized spacial score (nSPS) is 14.9. The Morgan fingerprint density at radius 2 is 1.87 bits per heavy atom. The first-order chi connectivity index (χ1) is 14.7. The molecule has 152 valence electrons. The smallest absolute Gasteiger partial charge is 0.249 e. The summed E-state index contributed by atoms with van der Waals surface area (Å²) in [4.78, 5) is 18.5.